The van der Waals surface area contributed by atoms with Crippen LogP contribution in [0.5, 0.6) is 0 Å². The summed E-state index contributed by atoms with van der Waals surface area (Å²) in [4.78, 5) is 4.33. The summed E-state index contributed by atoms with van der Waals surface area (Å²) in [6.07, 6.45) is 4.26. The second-order valence-electron chi connectivity index (χ2n) is 4.98. The lowest BCUT2D eigenvalue weighted by atomic mass is 10.1. The standard InChI is InChI=1S/C15H19ClN2/c1-11(2)4-3-8-17-14-7-9-18-15-10-12(16)5-6-13(14)15/h5-7,9-11H,3-4,8H2,1-2H3,(H,17,18). The zero-order valence-corrected chi connectivity index (χ0v) is 11.7. The Morgan fingerprint density at radius 3 is 2.89 bits per heavy atom. The fourth-order valence-corrected chi connectivity index (χ4v) is 2.18. The highest BCUT2D eigenvalue weighted by molar-refractivity contribution is 6.31. The van der Waals surface area contributed by atoms with Crippen molar-refractivity contribution >= 4 is 28.2 Å². The molecule has 0 saturated carbocycles. The van der Waals surface area contributed by atoms with Gasteiger partial charge in [-0.25, -0.2) is 0 Å². The van der Waals surface area contributed by atoms with Crippen LogP contribution in [0.3, 0.4) is 0 Å². The number of nitrogens with zero attached hydrogens (tertiary/aromatic N) is 1. The van der Waals surface area contributed by atoms with E-state index in [1.807, 2.05) is 30.5 Å². The van der Waals surface area contributed by atoms with E-state index in [9.17, 15) is 0 Å². The van der Waals surface area contributed by atoms with Crippen molar-refractivity contribution in [3.63, 3.8) is 0 Å². The Kier molecular flexibility index (Phi) is 4.43. The molecule has 2 rings (SSSR count). The van der Waals surface area contributed by atoms with Gasteiger partial charge in [0.05, 0.1) is 5.52 Å². The summed E-state index contributed by atoms with van der Waals surface area (Å²) in [5.74, 6) is 0.764. The van der Waals surface area contributed by atoms with Crippen LogP contribution in [0.4, 0.5) is 5.69 Å². The van der Waals surface area contributed by atoms with Crippen LogP contribution in [0.25, 0.3) is 10.9 Å². The molecule has 0 fully saturated rings. The highest BCUT2D eigenvalue weighted by Gasteiger charge is 2.02. The molecule has 0 spiro atoms. The molecule has 0 unspecified atom stereocenters. The quantitative estimate of drug-likeness (QED) is 0.788. The van der Waals surface area contributed by atoms with Crippen LogP contribution in [-0.2, 0) is 0 Å². The molecule has 1 heterocycles. The normalized spacial score (nSPS) is 11.1. The maximum Gasteiger partial charge on any atom is 0.0737 e. The first-order valence-electron chi connectivity index (χ1n) is 6.45. The van der Waals surface area contributed by atoms with E-state index in [0.717, 1.165) is 34.1 Å². The number of fused-ring (bicyclic) bond motifs is 1. The van der Waals surface area contributed by atoms with Crippen LogP contribution < -0.4 is 5.32 Å². The Balaban J connectivity index is 2.08. The van der Waals surface area contributed by atoms with Crippen molar-refractivity contribution in [1.29, 1.82) is 0 Å². The molecule has 0 amide bonds. The van der Waals surface area contributed by atoms with Crippen molar-refractivity contribution < 1.29 is 0 Å². The van der Waals surface area contributed by atoms with E-state index < -0.39 is 0 Å². The molecule has 96 valence electrons. The monoisotopic (exact) mass is 262 g/mol. The van der Waals surface area contributed by atoms with Crippen molar-refractivity contribution in [2.24, 2.45) is 5.92 Å². The fourth-order valence-electron chi connectivity index (χ4n) is 2.01. The summed E-state index contributed by atoms with van der Waals surface area (Å²) in [6.45, 7) is 5.51. The van der Waals surface area contributed by atoms with Crippen LogP contribution >= 0.6 is 11.6 Å². The summed E-state index contributed by atoms with van der Waals surface area (Å²) >= 11 is 5.97. The summed E-state index contributed by atoms with van der Waals surface area (Å²) in [7, 11) is 0. The van der Waals surface area contributed by atoms with Gasteiger partial charge in [-0.1, -0.05) is 25.4 Å². The molecular formula is C15H19ClN2. The Labute approximate surface area is 113 Å². The predicted molar refractivity (Wildman–Crippen MR) is 79.3 cm³/mol. The van der Waals surface area contributed by atoms with E-state index >= 15 is 0 Å². The lowest BCUT2D eigenvalue weighted by Gasteiger charge is -2.10. The zero-order chi connectivity index (χ0) is 13.0. The Bertz CT molecular complexity index is 523. The lowest BCUT2D eigenvalue weighted by Crippen LogP contribution is -2.03. The molecule has 3 heteroatoms. The van der Waals surface area contributed by atoms with Gasteiger partial charge in [0.25, 0.3) is 0 Å². The third kappa shape index (κ3) is 3.36. The van der Waals surface area contributed by atoms with E-state index in [-0.39, 0.29) is 0 Å². The van der Waals surface area contributed by atoms with Crippen LogP contribution in [-0.4, -0.2) is 11.5 Å². The largest absolute Gasteiger partial charge is 0.384 e. The van der Waals surface area contributed by atoms with Gasteiger partial charge >= 0.3 is 0 Å². The van der Waals surface area contributed by atoms with Crippen molar-refractivity contribution in [3.8, 4) is 0 Å². The first-order valence-corrected chi connectivity index (χ1v) is 6.83. The number of anilines is 1. The highest BCUT2D eigenvalue weighted by Crippen LogP contribution is 2.24. The van der Waals surface area contributed by atoms with Crippen LogP contribution in [0.2, 0.25) is 5.02 Å². The van der Waals surface area contributed by atoms with Gasteiger partial charge in [-0.2, -0.15) is 0 Å². The summed E-state index contributed by atoms with van der Waals surface area (Å²) in [5.41, 5.74) is 2.08. The number of benzene rings is 1. The minimum Gasteiger partial charge on any atom is -0.384 e. The topological polar surface area (TPSA) is 24.9 Å². The van der Waals surface area contributed by atoms with E-state index in [1.54, 1.807) is 0 Å². The Hall–Kier alpha value is -1.28. The molecule has 1 aromatic heterocycles. The molecule has 0 saturated heterocycles. The number of hydrogen-bond acceptors (Lipinski definition) is 2. The molecule has 0 radical (unpaired) electrons. The molecule has 2 nitrogen and oxygen atoms in total. The van der Waals surface area contributed by atoms with Crippen LogP contribution in [0.15, 0.2) is 30.5 Å². The smallest absolute Gasteiger partial charge is 0.0737 e. The molecule has 2 aromatic rings. The highest BCUT2D eigenvalue weighted by atomic mass is 35.5. The van der Waals surface area contributed by atoms with Crippen LogP contribution in [0, 0.1) is 5.92 Å². The predicted octanol–water partition coefficient (Wildman–Crippen LogP) is 4.74. The maximum absolute atomic E-state index is 5.97. The van der Waals surface area contributed by atoms with Gasteiger partial charge in [-0.05, 0) is 43.0 Å². The fraction of sp³-hybridized carbons (Fsp3) is 0.400. The number of rotatable bonds is 5. The molecule has 0 atom stereocenters. The lowest BCUT2D eigenvalue weighted by molar-refractivity contribution is 0.567. The Morgan fingerprint density at radius 1 is 1.28 bits per heavy atom. The van der Waals surface area contributed by atoms with Crippen molar-refractivity contribution in [2.45, 2.75) is 26.7 Å². The summed E-state index contributed by atoms with van der Waals surface area (Å²) in [6, 6.07) is 7.85. The molecular weight excluding hydrogens is 244 g/mol. The first-order chi connectivity index (χ1) is 8.66. The average Bonchev–Trinajstić information content (AvgIpc) is 2.34. The Morgan fingerprint density at radius 2 is 2.11 bits per heavy atom. The minimum atomic E-state index is 0.729. The molecule has 0 aliphatic heterocycles. The van der Waals surface area contributed by atoms with Gasteiger partial charge in [0.15, 0.2) is 0 Å². The number of aromatic nitrogens is 1. The summed E-state index contributed by atoms with van der Waals surface area (Å²) < 4.78 is 0. The maximum atomic E-state index is 5.97. The molecule has 0 aliphatic rings. The second kappa shape index (κ2) is 6.05. The van der Waals surface area contributed by atoms with Gasteiger partial charge in [0.1, 0.15) is 0 Å². The van der Waals surface area contributed by atoms with E-state index in [0.29, 0.717) is 0 Å². The van der Waals surface area contributed by atoms with Crippen molar-refractivity contribution in [1.82, 2.24) is 4.98 Å². The van der Waals surface area contributed by atoms with Gasteiger partial charge < -0.3 is 5.32 Å². The van der Waals surface area contributed by atoms with Gasteiger partial charge in [-0.15, -0.1) is 0 Å². The van der Waals surface area contributed by atoms with Gasteiger partial charge in [0.2, 0.25) is 0 Å². The van der Waals surface area contributed by atoms with Gasteiger partial charge in [0, 0.05) is 28.8 Å². The molecule has 1 N–H and O–H groups in total. The number of pyridine rings is 1. The molecule has 1 aromatic carbocycles. The second-order valence-corrected chi connectivity index (χ2v) is 5.42. The van der Waals surface area contributed by atoms with Crippen molar-refractivity contribution in [3.05, 3.63) is 35.5 Å². The zero-order valence-electron chi connectivity index (χ0n) is 10.9. The summed E-state index contributed by atoms with van der Waals surface area (Å²) in [5, 5.41) is 5.34. The number of halogens is 1. The van der Waals surface area contributed by atoms with Gasteiger partial charge in [-0.3, -0.25) is 4.98 Å². The third-order valence-corrected chi connectivity index (χ3v) is 3.21. The third-order valence-electron chi connectivity index (χ3n) is 2.98. The first kappa shape index (κ1) is 13.2. The molecule has 18 heavy (non-hydrogen) atoms. The van der Waals surface area contributed by atoms with E-state index in [1.165, 1.54) is 12.8 Å². The molecule has 0 bridgehead atoms. The van der Waals surface area contributed by atoms with Crippen LogP contribution in [0.1, 0.15) is 26.7 Å². The minimum absolute atomic E-state index is 0.729. The van der Waals surface area contributed by atoms with E-state index in [4.69, 9.17) is 11.6 Å². The number of nitrogens with one attached hydrogen (secondary N) is 1. The SMILES string of the molecule is CC(C)CCCNc1ccnc2cc(Cl)ccc12. The average molecular weight is 263 g/mol. The van der Waals surface area contributed by atoms with E-state index in [2.05, 4.69) is 24.1 Å². The molecule has 0 aliphatic carbocycles. The number of hydrogen-bond donors (Lipinski definition) is 1. The van der Waals surface area contributed by atoms with Crippen molar-refractivity contribution in [2.75, 3.05) is 11.9 Å².